The summed E-state index contributed by atoms with van der Waals surface area (Å²) in [6, 6.07) is 0. The Bertz CT molecular complexity index is 262. The molecule has 0 saturated carbocycles. The minimum Gasteiger partial charge on any atom is -0.187 e. The van der Waals surface area contributed by atoms with Crippen LogP contribution in [0.4, 0.5) is 8.78 Å². The molecule has 68 valence electrons. The summed E-state index contributed by atoms with van der Waals surface area (Å²) >= 11 is 0. The molecule has 1 aromatic rings. The molecule has 0 spiro atoms. The Balaban J connectivity index is 3.08. The molecule has 0 amide bonds. The summed E-state index contributed by atoms with van der Waals surface area (Å²) in [4.78, 5) is 0. The largest absolute Gasteiger partial charge is 0.334 e. The van der Waals surface area contributed by atoms with Crippen molar-refractivity contribution in [1.29, 1.82) is 0 Å². The van der Waals surface area contributed by atoms with Gasteiger partial charge in [0.05, 0.1) is 11.9 Å². The van der Waals surface area contributed by atoms with E-state index in [4.69, 9.17) is 0 Å². The highest BCUT2D eigenvalue weighted by molar-refractivity contribution is 5.07. The predicted octanol–water partition coefficient (Wildman–Crippen LogP) is 1.97. The van der Waals surface area contributed by atoms with Crippen LogP contribution in [0.5, 0.6) is 0 Å². The third kappa shape index (κ3) is 1.60. The molecular formula is C7H11F2N3. The first-order chi connectivity index (χ1) is 5.43. The predicted molar refractivity (Wildman–Crippen MR) is 40.0 cm³/mol. The van der Waals surface area contributed by atoms with Gasteiger partial charge in [-0.3, -0.25) is 0 Å². The van der Waals surface area contributed by atoms with E-state index in [9.17, 15) is 8.78 Å². The molecule has 0 saturated heterocycles. The quantitative estimate of drug-likeness (QED) is 0.653. The topological polar surface area (TPSA) is 30.7 Å². The van der Waals surface area contributed by atoms with E-state index in [1.165, 1.54) is 6.20 Å². The van der Waals surface area contributed by atoms with Gasteiger partial charge in [-0.2, -0.15) is 13.5 Å². The lowest BCUT2D eigenvalue weighted by atomic mass is 9.93. The molecule has 1 heterocycles. The van der Waals surface area contributed by atoms with Crippen LogP contribution in [0, 0.1) is 0 Å². The average molecular weight is 175 g/mol. The molecule has 0 N–H and O–H groups in total. The normalized spacial score (nSPS) is 12.5. The van der Waals surface area contributed by atoms with E-state index < -0.39 is 6.55 Å². The van der Waals surface area contributed by atoms with Crippen LogP contribution in [0.25, 0.3) is 0 Å². The van der Waals surface area contributed by atoms with Gasteiger partial charge in [0.15, 0.2) is 0 Å². The first-order valence-electron chi connectivity index (χ1n) is 3.62. The number of rotatable bonds is 1. The second kappa shape index (κ2) is 2.80. The zero-order valence-electron chi connectivity index (χ0n) is 7.25. The molecule has 0 bridgehead atoms. The number of hydrogen-bond acceptors (Lipinski definition) is 2. The van der Waals surface area contributed by atoms with E-state index in [0.717, 1.165) is 0 Å². The maximum absolute atomic E-state index is 12.3. The van der Waals surface area contributed by atoms with Gasteiger partial charge in [0.1, 0.15) is 0 Å². The molecule has 12 heavy (non-hydrogen) atoms. The molecule has 0 aliphatic heterocycles. The van der Waals surface area contributed by atoms with Crippen LogP contribution < -0.4 is 0 Å². The smallest absolute Gasteiger partial charge is 0.187 e. The summed E-state index contributed by atoms with van der Waals surface area (Å²) in [5, 5.41) is 6.74. The van der Waals surface area contributed by atoms with Gasteiger partial charge in [-0.05, 0) is 0 Å². The number of nitrogens with zero attached hydrogens (tertiary/aromatic N) is 3. The Labute approximate surface area is 69.4 Å². The maximum Gasteiger partial charge on any atom is 0.334 e. The van der Waals surface area contributed by atoms with Gasteiger partial charge in [0.2, 0.25) is 0 Å². The van der Waals surface area contributed by atoms with Gasteiger partial charge in [-0.15, -0.1) is 5.10 Å². The SMILES string of the molecule is CC(C)(C)c1cnnn1C(F)F. The minimum absolute atomic E-state index is 0.347. The summed E-state index contributed by atoms with van der Waals surface area (Å²) in [7, 11) is 0. The third-order valence-corrected chi connectivity index (χ3v) is 1.53. The first-order valence-corrected chi connectivity index (χ1v) is 3.62. The highest BCUT2D eigenvalue weighted by Crippen LogP contribution is 2.23. The van der Waals surface area contributed by atoms with Gasteiger partial charge in [-0.1, -0.05) is 26.0 Å². The molecule has 0 aromatic carbocycles. The lowest BCUT2D eigenvalue weighted by molar-refractivity contribution is 0.0486. The highest BCUT2D eigenvalue weighted by atomic mass is 19.3. The fourth-order valence-corrected chi connectivity index (χ4v) is 0.925. The fourth-order valence-electron chi connectivity index (χ4n) is 0.925. The summed E-state index contributed by atoms with van der Waals surface area (Å²) in [5.41, 5.74) is 0.0948. The Morgan fingerprint density at radius 2 is 2.00 bits per heavy atom. The molecule has 3 nitrogen and oxygen atoms in total. The molecule has 0 fully saturated rings. The summed E-state index contributed by atoms with van der Waals surface area (Å²) in [6.45, 7) is 2.90. The van der Waals surface area contributed by atoms with Crippen molar-refractivity contribution in [3.63, 3.8) is 0 Å². The summed E-state index contributed by atoms with van der Waals surface area (Å²) in [5.74, 6) is 0. The maximum atomic E-state index is 12.3. The van der Waals surface area contributed by atoms with Gasteiger partial charge in [-0.25, -0.2) is 0 Å². The van der Waals surface area contributed by atoms with Crippen molar-refractivity contribution in [3.8, 4) is 0 Å². The van der Waals surface area contributed by atoms with Crippen molar-refractivity contribution in [1.82, 2.24) is 15.0 Å². The number of halogens is 2. The molecule has 0 atom stereocenters. The molecule has 0 unspecified atom stereocenters. The van der Waals surface area contributed by atoms with Crippen LogP contribution in [0.2, 0.25) is 0 Å². The van der Waals surface area contributed by atoms with Crippen molar-refractivity contribution >= 4 is 0 Å². The molecular weight excluding hydrogens is 164 g/mol. The van der Waals surface area contributed by atoms with Crippen molar-refractivity contribution in [3.05, 3.63) is 11.9 Å². The van der Waals surface area contributed by atoms with Crippen LogP contribution in [0.1, 0.15) is 33.0 Å². The van der Waals surface area contributed by atoms with E-state index >= 15 is 0 Å². The Kier molecular flexibility index (Phi) is 2.12. The number of hydrogen-bond donors (Lipinski definition) is 0. The first kappa shape index (κ1) is 9.09. The second-order valence-electron chi connectivity index (χ2n) is 3.59. The number of aromatic nitrogens is 3. The van der Waals surface area contributed by atoms with Crippen LogP contribution in [0.3, 0.4) is 0 Å². The monoisotopic (exact) mass is 175 g/mol. The zero-order valence-corrected chi connectivity index (χ0v) is 7.25. The molecule has 0 aliphatic carbocycles. The van der Waals surface area contributed by atoms with E-state index in [2.05, 4.69) is 10.3 Å². The second-order valence-corrected chi connectivity index (χ2v) is 3.59. The summed E-state index contributed by atoms with van der Waals surface area (Å²) in [6.07, 6.45) is 1.37. The van der Waals surface area contributed by atoms with Gasteiger partial charge >= 0.3 is 6.55 Å². The van der Waals surface area contributed by atoms with E-state index in [1.54, 1.807) is 0 Å². The van der Waals surface area contributed by atoms with E-state index in [0.29, 0.717) is 10.4 Å². The van der Waals surface area contributed by atoms with Crippen molar-refractivity contribution in [2.24, 2.45) is 0 Å². The van der Waals surface area contributed by atoms with E-state index in [-0.39, 0.29) is 5.41 Å². The zero-order chi connectivity index (χ0) is 9.35. The third-order valence-electron chi connectivity index (χ3n) is 1.53. The van der Waals surface area contributed by atoms with Crippen LogP contribution in [0.15, 0.2) is 6.20 Å². The Morgan fingerprint density at radius 3 is 2.33 bits per heavy atom. The van der Waals surface area contributed by atoms with Gasteiger partial charge < -0.3 is 0 Å². The van der Waals surface area contributed by atoms with Crippen LogP contribution in [-0.2, 0) is 5.41 Å². The molecule has 1 aromatic heterocycles. The fraction of sp³-hybridized carbons (Fsp3) is 0.714. The number of alkyl halides is 2. The van der Waals surface area contributed by atoms with Crippen LogP contribution in [-0.4, -0.2) is 15.0 Å². The van der Waals surface area contributed by atoms with Crippen LogP contribution >= 0.6 is 0 Å². The molecule has 5 heteroatoms. The molecule has 1 rings (SSSR count). The molecule has 0 radical (unpaired) electrons. The minimum atomic E-state index is -2.61. The lowest BCUT2D eigenvalue weighted by Crippen LogP contribution is -2.18. The van der Waals surface area contributed by atoms with Gasteiger partial charge in [0.25, 0.3) is 0 Å². The molecule has 0 aliphatic rings. The van der Waals surface area contributed by atoms with Crippen molar-refractivity contribution in [2.75, 3.05) is 0 Å². The Hall–Kier alpha value is -1.00. The Morgan fingerprint density at radius 1 is 1.42 bits per heavy atom. The summed E-state index contributed by atoms with van der Waals surface area (Å²) < 4.78 is 25.1. The van der Waals surface area contributed by atoms with Crippen molar-refractivity contribution < 1.29 is 8.78 Å². The highest BCUT2D eigenvalue weighted by Gasteiger charge is 2.23. The lowest BCUT2D eigenvalue weighted by Gasteiger charge is -2.18. The standard InChI is InChI=1S/C7H11F2N3/c1-7(2,3)5-4-10-11-12(5)6(8)9/h4,6H,1-3H3. The van der Waals surface area contributed by atoms with Gasteiger partial charge in [0, 0.05) is 5.41 Å². The van der Waals surface area contributed by atoms with E-state index in [1.807, 2.05) is 20.8 Å². The van der Waals surface area contributed by atoms with Crippen molar-refractivity contribution in [2.45, 2.75) is 32.7 Å². The average Bonchev–Trinajstić information content (AvgIpc) is 2.30.